The van der Waals surface area contributed by atoms with Crippen molar-refractivity contribution >= 4 is 11.4 Å². The van der Waals surface area contributed by atoms with Gasteiger partial charge in [-0.2, -0.15) is 0 Å². The van der Waals surface area contributed by atoms with Gasteiger partial charge in [0.2, 0.25) is 0 Å². The second kappa shape index (κ2) is 9.30. The third-order valence-corrected chi connectivity index (χ3v) is 4.05. The second-order valence-corrected chi connectivity index (χ2v) is 6.48. The van der Waals surface area contributed by atoms with Crippen LogP contribution in [0.5, 0.6) is 17.2 Å². The van der Waals surface area contributed by atoms with Crippen molar-refractivity contribution < 1.29 is 27.4 Å². The van der Waals surface area contributed by atoms with E-state index in [1.54, 1.807) is 42.5 Å². The molecule has 30 heavy (non-hydrogen) atoms. The lowest BCUT2D eigenvalue weighted by Crippen LogP contribution is -2.16. The third-order valence-electron chi connectivity index (χ3n) is 4.05. The van der Waals surface area contributed by atoms with Gasteiger partial charge >= 0.3 is 6.36 Å². The minimum absolute atomic E-state index is 0.255. The van der Waals surface area contributed by atoms with Crippen molar-refractivity contribution in [1.82, 2.24) is 0 Å². The number of alkyl halides is 3. The molecule has 8 heteroatoms. The van der Waals surface area contributed by atoms with Crippen molar-refractivity contribution in [1.29, 1.82) is 0 Å². The smallest absolute Gasteiger partial charge is 0.493 e. The average Bonchev–Trinajstić information content (AvgIpc) is 2.67. The molecule has 0 saturated heterocycles. The lowest BCUT2D eigenvalue weighted by Gasteiger charge is -2.11. The number of rotatable bonds is 8. The molecule has 0 spiro atoms. The van der Waals surface area contributed by atoms with Crippen molar-refractivity contribution in [3.05, 3.63) is 66.7 Å². The lowest BCUT2D eigenvalue weighted by atomic mass is 10.1. The fraction of sp³-hybridized carbons (Fsp3) is 0.182. The topological polar surface area (TPSA) is 79.7 Å². The summed E-state index contributed by atoms with van der Waals surface area (Å²) in [5.74, 6) is 1.04. The number of nitrogen functional groups attached to an aromatic ring is 2. The van der Waals surface area contributed by atoms with Crippen LogP contribution in [0.3, 0.4) is 0 Å². The normalized spacial score (nSPS) is 11.2. The Morgan fingerprint density at radius 1 is 0.633 bits per heavy atom. The highest BCUT2D eigenvalue weighted by Gasteiger charge is 2.30. The Labute approximate surface area is 172 Å². The van der Waals surface area contributed by atoms with Crippen molar-refractivity contribution in [3.63, 3.8) is 0 Å². The molecule has 0 aliphatic rings. The summed E-state index contributed by atoms with van der Waals surface area (Å²) in [6.45, 7) is 0.911. The predicted octanol–water partition coefficient (Wildman–Crippen LogP) is 5.26. The highest BCUT2D eigenvalue weighted by Crippen LogP contribution is 2.27. The van der Waals surface area contributed by atoms with E-state index in [0.717, 1.165) is 11.1 Å². The number of hydrogen-bond acceptors (Lipinski definition) is 5. The van der Waals surface area contributed by atoms with E-state index in [1.165, 1.54) is 12.1 Å². The number of ether oxygens (including phenoxy) is 3. The minimum Gasteiger partial charge on any atom is -0.493 e. The minimum atomic E-state index is -4.70. The van der Waals surface area contributed by atoms with Crippen molar-refractivity contribution in [2.75, 3.05) is 24.7 Å². The molecule has 0 aromatic heterocycles. The van der Waals surface area contributed by atoms with Gasteiger partial charge in [0.25, 0.3) is 0 Å². The molecule has 0 aliphatic heterocycles. The standard InChI is InChI=1S/C22H21F3N2O3/c23-22(24,25)30-20-8-4-16(5-9-20)15-2-6-19(7-3-15)28-10-1-11-29-21-13-17(26)12-18(27)14-21/h2-9,12-14H,1,10-11,26-27H2. The second-order valence-electron chi connectivity index (χ2n) is 6.48. The van der Waals surface area contributed by atoms with Crippen LogP contribution in [0.1, 0.15) is 6.42 Å². The first-order valence-electron chi connectivity index (χ1n) is 9.16. The summed E-state index contributed by atoms with van der Waals surface area (Å²) in [6.07, 6.45) is -4.04. The number of anilines is 2. The Balaban J connectivity index is 1.45. The molecule has 0 amide bonds. The zero-order chi connectivity index (χ0) is 21.6. The zero-order valence-electron chi connectivity index (χ0n) is 16.0. The molecule has 0 saturated carbocycles. The van der Waals surface area contributed by atoms with Crippen molar-refractivity contribution in [2.24, 2.45) is 0 Å². The summed E-state index contributed by atoms with van der Waals surface area (Å²) in [4.78, 5) is 0. The number of halogens is 3. The first-order chi connectivity index (χ1) is 14.3. The van der Waals surface area contributed by atoms with E-state index in [4.69, 9.17) is 20.9 Å². The Morgan fingerprint density at radius 2 is 1.10 bits per heavy atom. The Bertz CT molecular complexity index is 939. The van der Waals surface area contributed by atoms with Crippen LogP contribution in [0.25, 0.3) is 11.1 Å². The molecule has 0 unspecified atom stereocenters. The van der Waals surface area contributed by atoms with Crippen LogP contribution in [0.2, 0.25) is 0 Å². The quantitative estimate of drug-likeness (QED) is 0.385. The summed E-state index contributed by atoms with van der Waals surface area (Å²) in [6, 6.07) is 18.0. The van der Waals surface area contributed by atoms with Crippen molar-refractivity contribution in [2.45, 2.75) is 12.8 Å². The molecular weight excluding hydrogens is 397 g/mol. The molecule has 0 aliphatic carbocycles. The zero-order valence-corrected chi connectivity index (χ0v) is 16.0. The van der Waals surface area contributed by atoms with Gasteiger partial charge in [-0.25, -0.2) is 0 Å². The van der Waals surface area contributed by atoms with Gasteiger partial charge in [-0.05, 0) is 41.5 Å². The molecular formula is C22H21F3N2O3. The van der Waals surface area contributed by atoms with Gasteiger partial charge < -0.3 is 25.7 Å². The van der Waals surface area contributed by atoms with Gasteiger partial charge in [0.1, 0.15) is 17.2 Å². The van der Waals surface area contributed by atoms with E-state index < -0.39 is 6.36 Å². The van der Waals surface area contributed by atoms with E-state index in [1.807, 2.05) is 12.1 Å². The molecule has 0 bridgehead atoms. The maximum absolute atomic E-state index is 12.2. The maximum atomic E-state index is 12.2. The molecule has 3 aromatic carbocycles. The van der Waals surface area contributed by atoms with Crippen LogP contribution in [-0.4, -0.2) is 19.6 Å². The molecule has 0 heterocycles. The summed E-state index contributed by atoms with van der Waals surface area (Å²) in [7, 11) is 0. The van der Waals surface area contributed by atoms with Crippen LogP contribution in [0.4, 0.5) is 24.5 Å². The monoisotopic (exact) mass is 418 g/mol. The summed E-state index contributed by atoms with van der Waals surface area (Å²) in [5.41, 5.74) is 14.1. The van der Waals surface area contributed by atoms with Crippen LogP contribution in [0.15, 0.2) is 66.7 Å². The maximum Gasteiger partial charge on any atom is 0.573 e. The number of nitrogens with two attached hydrogens (primary N) is 2. The van der Waals surface area contributed by atoms with Gasteiger partial charge in [-0.1, -0.05) is 24.3 Å². The molecule has 0 fully saturated rings. The van der Waals surface area contributed by atoms with Crippen LogP contribution < -0.4 is 25.7 Å². The van der Waals surface area contributed by atoms with Gasteiger partial charge in [-0.15, -0.1) is 13.2 Å². The largest absolute Gasteiger partial charge is 0.573 e. The van der Waals surface area contributed by atoms with Gasteiger partial charge in [0, 0.05) is 29.9 Å². The first-order valence-corrected chi connectivity index (χ1v) is 9.16. The lowest BCUT2D eigenvalue weighted by molar-refractivity contribution is -0.274. The Hall–Kier alpha value is -3.55. The molecule has 4 N–H and O–H groups in total. The predicted molar refractivity (Wildman–Crippen MR) is 109 cm³/mol. The molecule has 0 atom stereocenters. The van der Waals surface area contributed by atoms with E-state index in [9.17, 15) is 13.2 Å². The first kappa shape index (κ1) is 21.2. The van der Waals surface area contributed by atoms with Crippen LogP contribution >= 0.6 is 0 Å². The summed E-state index contributed by atoms with van der Waals surface area (Å²) in [5, 5.41) is 0. The van der Waals surface area contributed by atoms with E-state index in [0.29, 0.717) is 42.5 Å². The Kier molecular flexibility index (Phi) is 6.56. The molecule has 3 rings (SSSR count). The molecule has 5 nitrogen and oxygen atoms in total. The van der Waals surface area contributed by atoms with E-state index >= 15 is 0 Å². The van der Waals surface area contributed by atoms with E-state index in [2.05, 4.69) is 4.74 Å². The van der Waals surface area contributed by atoms with Crippen LogP contribution in [0, 0.1) is 0 Å². The highest BCUT2D eigenvalue weighted by atomic mass is 19.4. The van der Waals surface area contributed by atoms with Gasteiger partial charge in [0.05, 0.1) is 13.2 Å². The Morgan fingerprint density at radius 3 is 1.60 bits per heavy atom. The SMILES string of the molecule is Nc1cc(N)cc(OCCCOc2ccc(-c3ccc(OC(F)(F)F)cc3)cc2)c1. The summed E-state index contributed by atoms with van der Waals surface area (Å²) >= 11 is 0. The fourth-order valence-corrected chi connectivity index (χ4v) is 2.76. The molecule has 158 valence electrons. The highest BCUT2D eigenvalue weighted by molar-refractivity contribution is 5.65. The van der Waals surface area contributed by atoms with Crippen molar-refractivity contribution in [3.8, 4) is 28.4 Å². The van der Waals surface area contributed by atoms with Crippen LogP contribution in [-0.2, 0) is 0 Å². The average molecular weight is 418 g/mol. The van der Waals surface area contributed by atoms with Gasteiger partial charge in [0.15, 0.2) is 0 Å². The fourth-order valence-electron chi connectivity index (χ4n) is 2.76. The molecule has 0 radical (unpaired) electrons. The van der Waals surface area contributed by atoms with Gasteiger partial charge in [-0.3, -0.25) is 0 Å². The molecule has 3 aromatic rings. The summed E-state index contributed by atoms with van der Waals surface area (Å²) < 4.78 is 51.8. The number of hydrogen-bond donors (Lipinski definition) is 2. The third kappa shape index (κ3) is 6.51. The van der Waals surface area contributed by atoms with E-state index in [-0.39, 0.29) is 5.75 Å². The number of benzene rings is 3.